The second kappa shape index (κ2) is 9.21. The first kappa shape index (κ1) is 20.4. The molecule has 0 unspecified atom stereocenters. The number of carbonyl (C=O) groups excluding carboxylic acids is 2. The van der Waals surface area contributed by atoms with Crippen LogP contribution in [0.15, 0.2) is 24.3 Å². The quantitative estimate of drug-likeness (QED) is 0.725. The molecule has 1 aromatic heterocycles. The maximum absolute atomic E-state index is 12.4. The molecule has 3 rings (SSSR count). The maximum Gasteiger partial charge on any atom is 0.279 e. The van der Waals surface area contributed by atoms with Crippen LogP contribution < -0.4 is 15.6 Å². The fourth-order valence-corrected chi connectivity index (χ4v) is 4.41. The molecule has 1 atom stereocenters. The number of carbonyl (C=O) groups is 2. The third-order valence-corrected chi connectivity index (χ3v) is 6.08. The molecule has 2 N–H and O–H groups in total. The van der Waals surface area contributed by atoms with Gasteiger partial charge in [-0.05, 0) is 61.9 Å². The van der Waals surface area contributed by atoms with Gasteiger partial charge in [-0.15, -0.1) is 11.3 Å². The highest BCUT2D eigenvalue weighted by molar-refractivity contribution is 7.14. The van der Waals surface area contributed by atoms with Gasteiger partial charge in [-0.25, -0.2) is 0 Å². The van der Waals surface area contributed by atoms with E-state index < -0.39 is 0 Å². The van der Waals surface area contributed by atoms with Crippen molar-refractivity contribution in [3.63, 3.8) is 0 Å². The van der Waals surface area contributed by atoms with Crippen molar-refractivity contribution < 1.29 is 19.1 Å². The van der Waals surface area contributed by atoms with E-state index >= 15 is 0 Å². The van der Waals surface area contributed by atoms with Gasteiger partial charge in [0.25, 0.3) is 11.8 Å². The van der Waals surface area contributed by atoms with E-state index in [1.165, 1.54) is 21.8 Å². The zero-order chi connectivity index (χ0) is 20.1. The molecule has 1 aliphatic rings. The van der Waals surface area contributed by atoms with Crippen molar-refractivity contribution >= 4 is 23.2 Å². The van der Waals surface area contributed by atoms with Gasteiger partial charge >= 0.3 is 0 Å². The molecule has 28 heavy (non-hydrogen) atoms. The minimum Gasteiger partial charge on any atom is -0.496 e. The van der Waals surface area contributed by atoms with Crippen molar-refractivity contribution in [3.05, 3.63) is 50.7 Å². The molecular weight excluding hydrogens is 376 g/mol. The summed E-state index contributed by atoms with van der Waals surface area (Å²) in [7, 11) is 1.58. The minimum absolute atomic E-state index is 0.288. The van der Waals surface area contributed by atoms with Gasteiger partial charge in [-0.3, -0.25) is 20.4 Å². The molecule has 1 heterocycles. The number of benzene rings is 1. The first-order valence-electron chi connectivity index (χ1n) is 9.48. The van der Waals surface area contributed by atoms with Crippen LogP contribution in [-0.2, 0) is 24.2 Å². The van der Waals surface area contributed by atoms with E-state index in [2.05, 4.69) is 17.8 Å². The number of amides is 2. The topological polar surface area (TPSA) is 76.7 Å². The monoisotopic (exact) mass is 402 g/mol. The Kier molecular flexibility index (Phi) is 6.70. The second-order valence-corrected chi connectivity index (χ2v) is 8.12. The Hall–Kier alpha value is -2.38. The normalized spacial score (nSPS) is 15.6. The highest BCUT2D eigenvalue weighted by Crippen LogP contribution is 2.32. The molecule has 2 amide bonds. The first-order chi connectivity index (χ1) is 13.5. The van der Waals surface area contributed by atoms with E-state index in [0.29, 0.717) is 35.3 Å². The van der Waals surface area contributed by atoms with Crippen molar-refractivity contribution in [2.45, 2.75) is 39.7 Å². The van der Waals surface area contributed by atoms with E-state index in [-0.39, 0.29) is 11.8 Å². The lowest BCUT2D eigenvalue weighted by molar-refractivity contribution is 0.0848. The fraction of sp³-hybridized carbons (Fsp3) is 0.429. The number of nitrogens with one attached hydrogen (secondary N) is 2. The number of thiophene rings is 1. The summed E-state index contributed by atoms with van der Waals surface area (Å²) in [6, 6.07) is 7.03. The largest absolute Gasteiger partial charge is 0.496 e. The highest BCUT2D eigenvalue weighted by Gasteiger charge is 2.21. The molecule has 6 nitrogen and oxygen atoms in total. The van der Waals surface area contributed by atoms with E-state index in [0.717, 1.165) is 24.8 Å². The van der Waals surface area contributed by atoms with Crippen molar-refractivity contribution in [2.75, 3.05) is 13.7 Å². The van der Waals surface area contributed by atoms with Crippen LogP contribution in [-0.4, -0.2) is 25.5 Å². The number of methoxy groups -OCH3 is 1. The molecule has 2 aromatic rings. The Morgan fingerprint density at radius 1 is 1.21 bits per heavy atom. The van der Waals surface area contributed by atoms with Crippen LogP contribution in [0.2, 0.25) is 0 Å². The smallest absolute Gasteiger partial charge is 0.279 e. The lowest BCUT2D eigenvalue weighted by Gasteiger charge is -2.16. The Bertz CT molecular complexity index is 862. The summed E-state index contributed by atoms with van der Waals surface area (Å²) >= 11 is 1.51. The predicted molar refractivity (Wildman–Crippen MR) is 109 cm³/mol. The molecular formula is C21H26N2O4S. The minimum atomic E-state index is -0.385. The number of rotatable bonds is 6. The molecule has 1 aliphatic carbocycles. The van der Waals surface area contributed by atoms with Crippen LogP contribution in [0.4, 0.5) is 0 Å². The van der Waals surface area contributed by atoms with Crippen LogP contribution in [0, 0.1) is 5.92 Å². The van der Waals surface area contributed by atoms with Crippen molar-refractivity contribution in [2.24, 2.45) is 5.92 Å². The second-order valence-electron chi connectivity index (χ2n) is 6.98. The standard InChI is InChI=1S/C21H26N2O4S/c1-4-27-12-16-10-14(6-7-17(16)26-3)20(24)22-23-21(25)19-11-15-9-13(2)5-8-18(15)28-19/h6-7,10-11,13H,4-5,8-9,12H2,1-3H3,(H,22,24)(H,23,25)/t13-/m1/s1. The summed E-state index contributed by atoms with van der Waals surface area (Å²) < 4.78 is 10.7. The average Bonchev–Trinajstić information content (AvgIpc) is 3.13. The molecule has 1 aromatic carbocycles. The van der Waals surface area contributed by atoms with E-state index in [1.54, 1.807) is 25.3 Å². The molecule has 150 valence electrons. The Labute approximate surface area is 169 Å². The molecule has 0 saturated heterocycles. The van der Waals surface area contributed by atoms with Gasteiger partial charge < -0.3 is 9.47 Å². The van der Waals surface area contributed by atoms with Crippen LogP contribution >= 0.6 is 11.3 Å². The highest BCUT2D eigenvalue weighted by atomic mass is 32.1. The molecule has 0 bridgehead atoms. The van der Waals surface area contributed by atoms with Gasteiger partial charge in [-0.2, -0.15) is 0 Å². The van der Waals surface area contributed by atoms with Gasteiger partial charge in [0.05, 0.1) is 18.6 Å². The lowest BCUT2D eigenvalue weighted by Crippen LogP contribution is -2.41. The van der Waals surface area contributed by atoms with Gasteiger partial charge in [0.2, 0.25) is 0 Å². The van der Waals surface area contributed by atoms with Crippen LogP contribution in [0.5, 0.6) is 5.75 Å². The summed E-state index contributed by atoms with van der Waals surface area (Å²) in [5.41, 5.74) is 7.48. The van der Waals surface area contributed by atoms with E-state index in [1.807, 2.05) is 13.0 Å². The van der Waals surface area contributed by atoms with Gasteiger partial charge in [0, 0.05) is 22.6 Å². The average molecular weight is 403 g/mol. The Morgan fingerprint density at radius 2 is 2.00 bits per heavy atom. The number of ether oxygens (including phenoxy) is 2. The molecule has 0 saturated carbocycles. The van der Waals surface area contributed by atoms with Crippen LogP contribution in [0.3, 0.4) is 0 Å². The van der Waals surface area contributed by atoms with E-state index in [4.69, 9.17) is 9.47 Å². The maximum atomic E-state index is 12.4. The fourth-order valence-electron chi connectivity index (χ4n) is 3.31. The number of hydrogen-bond acceptors (Lipinski definition) is 5. The van der Waals surface area contributed by atoms with E-state index in [9.17, 15) is 9.59 Å². The zero-order valence-electron chi connectivity index (χ0n) is 16.5. The first-order valence-corrected chi connectivity index (χ1v) is 10.3. The number of aryl methyl sites for hydroxylation is 1. The Morgan fingerprint density at radius 3 is 2.75 bits per heavy atom. The lowest BCUT2D eigenvalue weighted by atomic mass is 9.90. The Balaban J connectivity index is 1.63. The number of fused-ring (bicyclic) bond motifs is 1. The van der Waals surface area contributed by atoms with Crippen LogP contribution in [0.25, 0.3) is 0 Å². The van der Waals surface area contributed by atoms with Crippen molar-refractivity contribution in [3.8, 4) is 5.75 Å². The predicted octanol–water partition coefficient (Wildman–Crippen LogP) is 3.49. The third kappa shape index (κ3) is 4.72. The van der Waals surface area contributed by atoms with Gasteiger partial charge in [-0.1, -0.05) is 6.92 Å². The molecule has 0 aliphatic heterocycles. The summed E-state index contributed by atoms with van der Waals surface area (Å²) in [6.45, 7) is 5.06. The number of hydrazine groups is 1. The SMILES string of the molecule is CCOCc1cc(C(=O)NNC(=O)c2cc3c(s2)CC[C@@H](C)C3)ccc1OC. The summed E-state index contributed by atoms with van der Waals surface area (Å²) in [6.07, 6.45) is 3.20. The molecule has 7 heteroatoms. The molecule has 0 radical (unpaired) electrons. The summed E-state index contributed by atoms with van der Waals surface area (Å²) in [5.74, 6) is 0.637. The van der Waals surface area contributed by atoms with Crippen molar-refractivity contribution in [1.29, 1.82) is 0 Å². The molecule has 0 spiro atoms. The van der Waals surface area contributed by atoms with Crippen LogP contribution in [0.1, 0.15) is 56.3 Å². The van der Waals surface area contributed by atoms with Gasteiger partial charge in [0.15, 0.2) is 0 Å². The third-order valence-electron chi connectivity index (χ3n) is 4.85. The summed E-state index contributed by atoms with van der Waals surface area (Å²) in [4.78, 5) is 26.8. The summed E-state index contributed by atoms with van der Waals surface area (Å²) in [5, 5.41) is 0. The number of hydrogen-bond donors (Lipinski definition) is 2. The zero-order valence-corrected chi connectivity index (χ0v) is 17.3. The van der Waals surface area contributed by atoms with Gasteiger partial charge in [0.1, 0.15) is 5.75 Å². The van der Waals surface area contributed by atoms with Crippen molar-refractivity contribution in [1.82, 2.24) is 10.9 Å². The molecule has 0 fully saturated rings.